The standard InChI is InChI=1S/C16H31NO/c1-12(2)14-8-7-13(18)11-15(14)17(4)16(3)9-5-6-10-16/h12-15,18H,5-11H2,1-4H3. The molecule has 2 heteroatoms. The molecule has 2 nitrogen and oxygen atoms in total. The second-order valence-corrected chi connectivity index (χ2v) is 7.26. The SMILES string of the molecule is CC(C)C1CCC(O)CC1N(C)C1(C)CCCC1. The maximum atomic E-state index is 10.0. The number of aliphatic hydroxyl groups is 1. The molecule has 0 saturated heterocycles. The van der Waals surface area contributed by atoms with Crippen LogP contribution in [0.15, 0.2) is 0 Å². The zero-order chi connectivity index (χ0) is 13.3. The molecule has 0 aromatic rings. The van der Waals surface area contributed by atoms with Gasteiger partial charge in [0.1, 0.15) is 0 Å². The quantitative estimate of drug-likeness (QED) is 0.833. The van der Waals surface area contributed by atoms with Gasteiger partial charge in [0, 0.05) is 11.6 Å². The van der Waals surface area contributed by atoms with Gasteiger partial charge in [-0.1, -0.05) is 26.7 Å². The minimum atomic E-state index is -0.0718. The summed E-state index contributed by atoms with van der Waals surface area (Å²) in [5, 5.41) is 10.0. The van der Waals surface area contributed by atoms with E-state index in [1.807, 2.05) is 0 Å². The van der Waals surface area contributed by atoms with Crippen molar-refractivity contribution >= 4 is 0 Å². The van der Waals surface area contributed by atoms with Crippen molar-refractivity contribution in [2.24, 2.45) is 11.8 Å². The van der Waals surface area contributed by atoms with Crippen LogP contribution in [0, 0.1) is 11.8 Å². The van der Waals surface area contributed by atoms with Crippen LogP contribution in [0.25, 0.3) is 0 Å². The highest BCUT2D eigenvalue weighted by Gasteiger charge is 2.42. The van der Waals surface area contributed by atoms with Gasteiger partial charge in [-0.3, -0.25) is 4.90 Å². The Morgan fingerprint density at radius 3 is 2.33 bits per heavy atom. The fourth-order valence-electron chi connectivity index (χ4n) is 4.26. The van der Waals surface area contributed by atoms with E-state index in [2.05, 4.69) is 32.7 Å². The molecule has 2 saturated carbocycles. The topological polar surface area (TPSA) is 23.5 Å². The molecule has 2 aliphatic carbocycles. The van der Waals surface area contributed by atoms with Crippen LogP contribution < -0.4 is 0 Å². The summed E-state index contributed by atoms with van der Waals surface area (Å²) >= 11 is 0. The van der Waals surface area contributed by atoms with E-state index in [4.69, 9.17) is 0 Å². The van der Waals surface area contributed by atoms with Crippen LogP contribution >= 0.6 is 0 Å². The lowest BCUT2D eigenvalue weighted by atomic mass is 9.74. The van der Waals surface area contributed by atoms with Crippen molar-refractivity contribution in [1.82, 2.24) is 4.90 Å². The van der Waals surface area contributed by atoms with Gasteiger partial charge in [-0.2, -0.15) is 0 Å². The minimum absolute atomic E-state index is 0.0718. The van der Waals surface area contributed by atoms with Crippen LogP contribution in [0.4, 0.5) is 0 Å². The highest BCUT2D eigenvalue weighted by atomic mass is 16.3. The largest absolute Gasteiger partial charge is 0.393 e. The van der Waals surface area contributed by atoms with Crippen molar-refractivity contribution in [3.8, 4) is 0 Å². The molecule has 0 amide bonds. The van der Waals surface area contributed by atoms with Gasteiger partial charge in [0.15, 0.2) is 0 Å². The zero-order valence-corrected chi connectivity index (χ0v) is 12.7. The van der Waals surface area contributed by atoms with E-state index in [9.17, 15) is 5.11 Å². The van der Waals surface area contributed by atoms with Gasteiger partial charge in [-0.15, -0.1) is 0 Å². The van der Waals surface area contributed by atoms with E-state index in [1.165, 1.54) is 32.1 Å². The summed E-state index contributed by atoms with van der Waals surface area (Å²) in [7, 11) is 2.31. The molecule has 3 atom stereocenters. The second kappa shape index (κ2) is 5.50. The maximum absolute atomic E-state index is 10.0. The average molecular weight is 253 g/mol. The summed E-state index contributed by atoms with van der Waals surface area (Å²) in [5.74, 6) is 1.49. The number of aliphatic hydroxyl groups excluding tert-OH is 1. The van der Waals surface area contributed by atoms with Gasteiger partial charge in [-0.05, 0) is 57.9 Å². The van der Waals surface area contributed by atoms with E-state index in [0.717, 1.165) is 24.7 Å². The number of hydrogen-bond acceptors (Lipinski definition) is 2. The van der Waals surface area contributed by atoms with Crippen LogP contribution in [0.1, 0.15) is 65.7 Å². The van der Waals surface area contributed by atoms with Crippen molar-refractivity contribution in [2.45, 2.75) is 83.4 Å². The van der Waals surface area contributed by atoms with Gasteiger partial charge in [0.2, 0.25) is 0 Å². The fourth-order valence-corrected chi connectivity index (χ4v) is 4.26. The molecule has 0 aromatic heterocycles. The first-order valence-corrected chi connectivity index (χ1v) is 7.85. The molecule has 0 radical (unpaired) electrons. The normalized spacial score (nSPS) is 36.5. The molecular formula is C16H31NO. The number of rotatable bonds is 3. The second-order valence-electron chi connectivity index (χ2n) is 7.26. The van der Waals surface area contributed by atoms with Crippen molar-refractivity contribution in [2.75, 3.05) is 7.05 Å². The summed E-state index contributed by atoms with van der Waals surface area (Å²) in [6.45, 7) is 7.12. The molecule has 2 fully saturated rings. The lowest BCUT2D eigenvalue weighted by molar-refractivity contribution is -0.0208. The maximum Gasteiger partial charge on any atom is 0.0555 e. The van der Waals surface area contributed by atoms with Gasteiger partial charge >= 0.3 is 0 Å². The first kappa shape index (κ1) is 14.3. The van der Waals surface area contributed by atoms with E-state index in [0.29, 0.717) is 11.6 Å². The molecule has 106 valence electrons. The molecular weight excluding hydrogens is 222 g/mol. The predicted molar refractivity (Wildman–Crippen MR) is 76.6 cm³/mol. The summed E-state index contributed by atoms with van der Waals surface area (Å²) in [6, 6.07) is 0.580. The third-order valence-corrected chi connectivity index (χ3v) is 5.73. The van der Waals surface area contributed by atoms with Crippen molar-refractivity contribution in [3.05, 3.63) is 0 Å². The Hall–Kier alpha value is -0.0800. The highest BCUT2D eigenvalue weighted by molar-refractivity contribution is 4.97. The molecule has 0 aromatic carbocycles. The summed E-state index contributed by atoms with van der Waals surface area (Å²) in [5.41, 5.74) is 0.384. The smallest absolute Gasteiger partial charge is 0.0555 e. The third-order valence-electron chi connectivity index (χ3n) is 5.73. The average Bonchev–Trinajstić information content (AvgIpc) is 2.76. The molecule has 18 heavy (non-hydrogen) atoms. The molecule has 3 unspecified atom stereocenters. The Morgan fingerprint density at radius 1 is 1.17 bits per heavy atom. The first-order chi connectivity index (χ1) is 8.44. The molecule has 2 aliphatic rings. The van der Waals surface area contributed by atoms with E-state index >= 15 is 0 Å². The van der Waals surface area contributed by atoms with Crippen LogP contribution in [0.5, 0.6) is 0 Å². The molecule has 0 heterocycles. The van der Waals surface area contributed by atoms with Crippen LogP contribution in [-0.4, -0.2) is 34.7 Å². The summed E-state index contributed by atoms with van der Waals surface area (Å²) in [6.07, 6.45) is 8.53. The van der Waals surface area contributed by atoms with Crippen molar-refractivity contribution in [1.29, 1.82) is 0 Å². The minimum Gasteiger partial charge on any atom is -0.393 e. The Bertz CT molecular complexity index is 270. The van der Waals surface area contributed by atoms with E-state index in [-0.39, 0.29) is 6.10 Å². The fraction of sp³-hybridized carbons (Fsp3) is 1.00. The van der Waals surface area contributed by atoms with Crippen molar-refractivity contribution < 1.29 is 5.11 Å². The summed E-state index contributed by atoms with van der Waals surface area (Å²) < 4.78 is 0. The van der Waals surface area contributed by atoms with Crippen LogP contribution in [0.3, 0.4) is 0 Å². The van der Waals surface area contributed by atoms with Gasteiger partial charge in [0.25, 0.3) is 0 Å². The van der Waals surface area contributed by atoms with Crippen molar-refractivity contribution in [3.63, 3.8) is 0 Å². The molecule has 0 bridgehead atoms. The molecule has 1 N–H and O–H groups in total. The van der Waals surface area contributed by atoms with Gasteiger partial charge in [-0.25, -0.2) is 0 Å². The van der Waals surface area contributed by atoms with Crippen LogP contribution in [-0.2, 0) is 0 Å². The molecule has 0 aliphatic heterocycles. The first-order valence-electron chi connectivity index (χ1n) is 7.85. The lowest BCUT2D eigenvalue weighted by Gasteiger charge is -2.48. The molecule has 0 spiro atoms. The molecule has 2 rings (SSSR count). The zero-order valence-electron chi connectivity index (χ0n) is 12.7. The Labute approximate surface area is 113 Å². The monoisotopic (exact) mass is 253 g/mol. The number of nitrogens with zero attached hydrogens (tertiary/aromatic N) is 1. The number of hydrogen-bond donors (Lipinski definition) is 1. The Morgan fingerprint density at radius 2 is 1.78 bits per heavy atom. The van der Waals surface area contributed by atoms with Gasteiger partial charge in [0.05, 0.1) is 6.10 Å². The Balaban J connectivity index is 2.11. The highest BCUT2D eigenvalue weighted by Crippen LogP contribution is 2.41. The lowest BCUT2D eigenvalue weighted by Crippen LogP contribution is -2.54. The van der Waals surface area contributed by atoms with Crippen LogP contribution in [0.2, 0.25) is 0 Å². The predicted octanol–water partition coefficient (Wildman–Crippen LogP) is 3.44. The Kier molecular flexibility index (Phi) is 4.38. The van der Waals surface area contributed by atoms with Gasteiger partial charge < -0.3 is 5.11 Å². The van der Waals surface area contributed by atoms with E-state index < -0.39 is 0 Å². The van der Waals surface area contributed by atoms with E-state index in [1.54, 1.807) is 0 Å². The summed E-state index contributed by atoms with van der Waals surface area (Å²) in [4.78, 5) is 2.63. The third kappa shape index (κ3) is 2.75.